The molecule has 1 fully saturated rings. The molecular weight excluding hydrogens is 396 g/mol. The lowest BCUT2D eigenvalue weighted by Crippen LogP contribution is -2.37. The molecule has 0 saturated heterocycles. The molecule has 1 saturated carbocycles. The number of nitrogens with zero attached hydrogens (tertiary/aromatic N) is 3. The van der Waals surface area contributed by atoms with Crippen LogP contribution in [-0.2, 0) is 4.79 Å². The summed E-state index contributed by atoms with van der Waals surface area (Å²) in [5.74, 6) is 1.58. The fourth-order valence-corrected chi connectivity index (χ4v) is 4.56. The van der Waals surface area contributed by atoms with E-state index in [1.807, 2.05) is 66.1 Å². The van der Waals surface area contributed by atoms with Gasteiger partial charge < -0.3 is 10.1 Å². The first-order chi connectivity index (χ1) is 14.7. The molecule has 0 aliphatic heterocycles. The maximum Gasteiger partial charge on any atom is 0.233 e. The van der Waals surface area contributed by atoms with Gasteiger partial charge in [0.2, 0.25) is 5.91 Å². The van der Waals surface area contributed by atoms with Crippen molar-refractivity contribution in [2.24, 2.45) is 0 Å². The standard InChI is InChI=1S/C23H26N4O2S/c1-16(22(28)24-18-10-6-7-11-18)30-23-26-25-21(17-8-4-3-5-9-17)27(23)19-12-14-20(29-2)15-13-19/h3-5,8-9,12-16,18H,6-7,10-11H2,1-2H3,(H,24,28). The Hall–Kier alpha value is -2.80. The van der Waals surface area contributed by atoms with Crippen LogP contribution in [0.25, 0.3) is 17.1 Å². The third-order valence-electron chi connectivity index (χ3n) is 5.35. The average molecular weight is 423 g/mol. The zero-order valence-corrected chi connectivity index (χ0v) is 18.1. The molecule has 0 spiro atoms. The minimum Gasteiger partial charge on any atom is -0.497 e. The van der Waals surface area contributed by atoms with Crippen LogP contribution in [0.5, 0.6) is 5.75 Å². The van der Waals surface area contributed by atoms with Gasteiger partial charge in [-0.1, -0.05) is 54.9 Å². The number of nitrogens with one attached hydrogen (secondary N) is 1. The number of aromatic nitrogens is 3. The molecule has 1 aliphatic carbocycles. The summed E-state index contributed by atoms with van der Waals surface area (Å²) in [6.45, 7) is 1.92. The van der Waals surface area contributed by atoms with Crippen molar-refractivity contribution >= 4 is 17.7 Å². The number of benzene rings is 2. The van der Waals surface area contributed by atoms with Crippen molar-refractivity contribution in [2.45, 2.75) is 49.1 Å². The van der Waals surface area contributed by atoms with Gasteiger partial charge >= 0.3 is 0 Å². The molecule has 1 heterocycles. The maximum absolute atomic E-state index is 12.7. The largest absolute Gasteiger partial charge is 0.497 e. The Kier molecular flexibility index (Phi) is 6.38. The topological polar surface area (TPSA) is 69.0 Å². The lowest BCUT2D eigenvalue weighted by atomic mass is 10.2. The van der Waals surface area contributed by atoms with Gasteiger partial charge in [-0.05, 0) is 44.0 Å². The molecule has 0 radical (unpaired) electrons. The Morgan fingerprint density at radius 3 is 2.47 bits per heavy atom. The van der Waals surface area contributed by atoms with Crippen LogP contribution in [0.2, 0.25) is 0 Å². The minimum absolute atomic E-state index is 0.0532. The summed E-state index contributed by atoms with van der Waals surface area (Å²) >= 11 is 1.43. The predicted molar refractivity (Wildman–Crippen MR) is 119 cm³/mol. The van der Waals surface area contributed by atoms with Crippen molar-refractivity contribution in [1.82, 2.24) is 20.1 Å². The molecular formula is C23H26N4O2S. The van der Waals surface area contributed by atoms with Crippen molar-refractivity contribution in [2.75, 3.05) is 7.11 Å². The summed E-state index contributed by atoms with van der Waals surface area (Å²) in [5.41, 5.74) is 1.89. The van der Waals surface area contributed by atoms with Gasteiger partial charge in [-0.3, -0.25) is 9.36 Å². The first-order valence-electron chi connectivity index (χ1n) is 10.3. The van der Waals surface area contributed by atoms with Crippen molar-refractivity contribution in [1.29, 1.82) is 0 Å². The highest BCUT2D eigenvalue weighted by atomic mass is 32.2. The van der Waals surface area contributed by atoms with E-state index >= 15 is 0 Å². The highest BCUT2D eigenvalue weighted by Gasteiger charge is 2.24. The molecule has 1 N–H and O–H groups in total. The van der Waals surface area contributed by atoms with Crippen molar-refractivity contribution in [3.05, 3.63) is 54.6 Å². The number of carbonyl (C=O) groups excluding carboxylic acids is 1. The van der Waals surface area contributed by atoms with Gasteiger partial charge in [0, 0.05) is 17.3 Å². The number of carbonyl (C=O) groups is 1. The van der Waals surface area contributed by atoms with E-state index in [4.69, 9.17) is 4.74 Å². The highest BCUT2D eigenvalue weighted by molar-refractivity contribution is 8.00. The van der Waals surface area contributed by atoms with E-state index in [0.717, 1.165) is 35.7 Å². The lowest BCUT2D eigenvalue weighted by molar-refractivity contribution is -0.120. The normalized spacial score (nSPS) is 15.1. The Bertz CT molecular complexity index is 982. The number of methoxy groups -OCH3 is 1. The molecule has 7 heteroatoms. The van der Waals surface area contributed by atoms with E-state index in [9.17, 15) is 4.79 Å². The first kappa shape index (κ1) is 20.5. The van der Waals surface area contributed by atoms with Crippen molar-refractivity contribution < 1.29 is 9.53 Å². The van der Waals surface area contributed by atoms with Crippen LogP contribution < -0.4 is 10.1 Å². The van der Waals surface area contributed by atoms with Gasteiger partial charge in [0.15, 0.2) is 11.0 Å². The third kappa shape index (κ3) is 4.51. The third-order valence-corrected chi connectivity index (χ3v) is 6.39. The Morgan fingerprint density at radius 2 is 1.80 bits per heavy atom. The average Bonchev–Trinajstić information content (AvgIpc) is 3.44. The molecule has 0 bridgehead atoms. The van der Waals surface area contributed by atoms with Gasteiger partial charge in [0.25, 0.3) is 0 Å². The Balaban J connectivity index is 1.63. The van der Waals surface area contributed by atoms with E-state index < -0.39 is 0 Å². The monoisotopic (exact) mass is 422 g/mol. The molecule has 30 heavy (non-hydrogen) atoms. The number of hydrogen-bond donors (Lipinski definition) is 1. The molecule has 2 aromatic carbocycles. The lowest BCUT2D eigenvalue weighted by Gasteiger charge is -2.17. The summed E-state index contributed by atoms with van der Waals surface area (Å²) < 4.78 is 7.29. The quantitative estimate of drug-likeness (QED) is 0.569. The molecule has 1 aromatic heterocycles. The van der Waals surface area contributed by atoms with Crippen molar-refractivity contribution in [3.63, 3.8) is 0 Å². The van der Waals surface area contributed by atoms with E-state index in [1.54, 1.807) is 7.11 Å². The smallest absolute Gasteiger partial charge is 0.233 e. The molecule has 3 aromatic rings. The molecule has 1 atom stereocenters. The molecule has 1 unspecified atom stereocenters. The first-order valence-corrected chi connectivity index (χ1v) is 11.2. The van der Waals surface area contributed by atoms with Crippen LogP contribution in [0.1, 0.15) is 32.6 Å². The maximum atomic E-state index is 12.7. The fourth-order valence-electron chi connectivity index (χ4n) is 3.68. The van der Waals surface area contributed by atoms with Crippen LogP contribution in [0.4, 0.5) is 0 Å². The van der Waals surface area contributed by atoms with Crippen LogP contribution in [0.15, 0.2) is 59.8 Å². The van der Waals surface area contributed by atoms with E-state index in [0.29, 0.717) is 11.2 Å². The molecule has 4 rings (SSSR count). The number of ether oxygens (including phenoxy) is 1. The number of rotatable bonds is 7. The van der Waals surface area contributed by atoms with Gasteiger partial charge in [0.1, 0.15) is 5.75 Å². The van der Waals surface area contributed by atoms with Crippen LogP contribution in [0, 0.1) is 0 Å². The highest BCUT2D eigenvalue weighted by Crippen LogP contribution is 2.31. The number of amides is 1. The van der Waals surface area contributed by atoms with Gasteiger partial charge in [-0.2, -0.15) is 0 Å². The van der Waals surface area contributed by atoms with Gasteiger partial charge in [-0.15, -0.1) is 10.2 Å². The zero-order chi connectivity index (χ0) is 20.9. The summed E-state index contributed by atoms with van der Waals surface area (Å²) in [6.07, 6.45) is 4.53. The summed E-state index contributed by atoms with van der Waals surface area (Å²) in [4.78, 5) is 12.7. The summed E-state index contributed by atoms with van der Waals surface area (Å²) in [5, 5.41) is 12.5. The number of thioether (sulfide) groups is 1. The molecule has 156 valence electrons. The SMILES string of the molecule is COc1ccc(-n2c(SC(C)C(=O)NC3CCCC3)nnc2-c2ccccc2)cc1. The molecule has 6 nitrogen and oxygen atoms in total. The Labute approximate surface area is 181 Å². The zero-order valence-electron chi connectivity index (χ0n) is 17.2. The number of hydrogen-bond acceptors (Lipinski definition) is 5. The van der Waals surface area contributed by atoms with Gasteiger partial charge in [0.05, 0.1) is 12.4 Å². The fraction of sp³-hybridized carbons (Fsp3) is 0.348. The van der Waals surface area contributed by atoms with Crippen molar-refractivity contribution in [3.8, 4) is 22.8 Å². The van der Waals surface area contributed by atoms with Crippen LogP contribution in [-0.4, -0.2) is 39.1 Å². The van der Waals surface area contributed by atoms with Crippen LogP contribution in [0.3, 0.4) is 0 Å². The summed E-state index contributed by atoms with van der Waals surface area (Å²) in [6, 6.07) is 18.0. The minimum atomic E-state index is -0.268. The molecule has 1 aliphatic rings. The van der Waals surface area contributed by atoms with Gasteiger partial charge in [-0.25, -0.2) is 0 Å². The molecule has 1 amide bonds. The Morgan fingerprint density at radius 1 is 1.10 bits per heavy atom. The van der Waals surface area contributed by atoms with Crippen LogP contribution >= 0.6 is 11.8 Å². The summed E-state index contributed by atoms with van der Waals surface area (Å²) in [7, 11) is 1.65. The van der Waals surface area contributed by atoms with E-state index in [-0.39, 0.29) is 11.2 Å². The second-order valence-corrected chi connectivity index (χ2v) is 8.76. The second kappa shape index (κ2) is 9.34. The second-order valence-electron chi connectivity index (χ2n) is 7.46. The predicted octanol–water partition coefficient (Wildman–Crippen LogP) is 4.48. The van der Waals surface area contributed by atoms with E-state index in [1.165, 1.54) is 24.6 Å². The van der Waals surface area contributed by atoms with E-state index in [2.05, 4.69) is 15.5 Å².